The van der Waals surface area contributed by atoms with Gasteiger partial charge in [-0.3, -0.25) is 0 Å². The molecule has 0 radical (unpaired) electrons. The number of rotatable bonds is 3. The fourth-order valence-electron chi connectivity index (χ4n) is 1.42. The Hall–Kier alpha value is -2.50. The summed E-state index contributed by atoms with van der Waals surface area (Å²) in [5.41, 5.74) is 0.402. The van der Waals surface area contributed by atoms with E-state index in [0.717, 1.165) is 0 Å². The zero-order valence-electron chi connectivity index (χ0n) is 8.99. The van der Waals surface area contributed by atoms with Gasteiger partial charge in [-0.15, -0.1) is 0 Å². The molecule has 1 aromatic heterocycles. The molecule has 0 bridgehead atoms. The van der Waals surface area contributed by atoms with Gasteiger partial charge in [0.25, 0.3) is 0 Å². The van der Waals surface area contributed by atoms with Gasteiger partial charge in [0.05, 0.1) is 12.8 Å². The SMILES string of the molecule is COc1cc(C(=O)O)nn1-c1cccc(O)c1. The molecule has 0 aliphatic heterocycles. The van der Waals surface area contributed by atoms with Crippen LogP contribution < -0.4 is 4.74 Å². The molecule has 0 amide bonds. The van der Waals surface area contributed by atoms with Gasteiger partial charge in [-0.05, 0) is 12.1 Å². The summed E-state index contributed by atoms with van der Waals surface area (Å²) >= 11 is 0. The van der Waals surface area contributed by atoms with Crippen LogP contribution >= 0.6 is 0 Å². The Morgan fingerprint density at radius 2 is 2.18 bits per heavy atom. The first-order valence-electron chi connectivity index (χ1n) is 4.78. The van der Waals surface area contributed by atoms with Gasteiger partial charge >= 0.3 is 5.97 Å². The molecular weight excluding hydrogens is 224 g/mol. The lowest BCUT2D eigenvalue weighted by Crippen LogP contribution is -2.02. The van der Waals surface area contributed by atoms with Crippen molar-refractivity contribution in [2.24, 2.45) is 0 Å². The Kier molecular flexibility index (Phi) is 2.70. The minimum Gasteiger partial charge on any atom is -0.508 e. The molecule has 0 unspecified atom stereocenters. The number of phenols is 1. The number of aromatic nitrogens is 2. The molecule has 6 nitrogen and oxygen atoms in total. The molecule has 0 atom stereocenters. The van der Waals surface area contributed by atoms with Crippen molar-refractivity contribution in [1.82, 2.24) is 9.78 Å². The predicted molar refractivity (Wildman–Crippen MR) is 58.7 cm³/mol. The number of carboxylic acid groups (broad SMARTS) is 1. The van der Waals surface area contributed by atoms with Gasteiger partial charge in [0.1, 0.15) is 5.75 Å². The van der Waals surface area contributed by atoms with E-state index in [1.54, 1.807) is 12.1 Å². The molecule has 88 valence electrons. The fourth-order valence-corrected chi connectivity index (χ4v) is 1.42. The van der Waals surface area contributed by atoms with Crippen LogP contribution in [0, 0.1) is 0 Å². The van der Waals surface area contributed by atoms with Crippen molar-refractivity contribution >= 4 is 5.97 Å². The molecule has 0 saturated carbocycles. The van der Waals surface area contributed by atoms with E-state index in [2.05, 4.69) is 5.10 Å². The standard InChI is InChI=1S/C11H10N2O4/c1-17-10-6-9(11(15)16)12-13(10)7-3-2-4-8(14)5-7/h2-6,14H,1H3,(H,15,16). The highest BCUT2D eigenvalue weighted by molar-refractivity contribution is 5.85. The van der Waals surface area contributed by atoms with Gasteiger partial charge in [0.2, 0.25) is 5.88 Å². The summed E-state index contributed by atoms with van der Waals surface area (Å²) in [5.74, 6) is -0.785. The van der Waals surface area contributed by atoms with Gasteiger partial charge in [-0.2, -0.15) is 5.10 Å². The van der Waals surface area contributed by atoms with Crippen molar-refractivity contribution in [2.45, 2.75) is 0 Å². The van der Waals surface area contributed by atoms with Gasteiger partial charge in [-0.1, -0.05) is 6.07 Å². The van der Waals surface area contributed by atoms with Crippen molar-refractivity contribution in [2.75, 3.05) is 7.11 Å². The smallest absolute Gasteiger partial charge is 0.356 e. The number of aromatic hydroxyl groups is 1. The summed E-state index contributed by atoms with van der Waals surface area (Å²) in [6.07, 6.45) is 0. The number of hydrogen-bond donors (Lipinski definition) is 2. The van der Waals surface area contributed by atoms with Crippen LogP contribution in [0.15, 0.2) is 30.3 Å². The minimum absolute atomic E-state index is 0.0666. The molecule has 2 rings (SSSR count). The quantitative estimate of drug-likeness (QED) is 0.835. The largest absolute Gasteiger partial charge is 0.508 e. The van der Waals surface area contributed by atoms with Crippen LogP contribution in [-0.2, 0) is 0 Å². The van der Waals surface area contributed by atoms with Crippen LogP contribution in [0.3, 0.4) is 0 Å². The van der Waals surface area contributed by atoms with E-state index in [9.17, 15) is 9.90 Å². The second kappa shape index (κ2) is 4.17. The minimum atomic E-state index is -1.14. The third-order valence-corrected chi connectivity index (χ3v) is 2.18. The maximum Gasteiger partial charge on any atom is 0.356 e. The summed E-state index contributed by atoms with van der Waals surface area (Å²) in [5, 5.41) is 22.1. The second-order valence-corrected chi connectivity index (χ2v) is 3.31. The van der Waals surface area contributed by atoms with Crippen LogP contribution in [-0.4, -0.2) is 33.1 Å². The first-order chi connectivity index (χ1) is 8.11. The van der Waals surface area contributed by atoms with Crippen LogP contribution in [0.5, 0.6) is 11.6 Å². The maximum atomic E-state index is 10.8. The Morgan fingerprint density at radius 3 is 2.76 bits per heavy atom. The zero-order chi connectivity index (χ0) is 12.4. The van der Waals surface area contributed by atoms with E-state index in [-0.39, 0.29) is 17.3 Å². The second-order valence-electron chi connectivity index (χ2n) is 3.31. The third-order valence-electron chi connectivity index (χ3n) is 2.18. The third kappa shape index (κ3) is 2.05. The monoisotopic (exact) mass is 234 g/mol. The summed E-state index contributed by atoms with van der Waals surface area (Å²) in [7, 11) is 1.42. The lowest BCUT2D eigenvalue weighted by molar-refractivity contribution is 0.0690. The molecule has 1 aromatic carbocycles. The number of nitrogens with zero attached hydrogens (tertiary/aromatic N) is 2. The van der Waals surface area contributed by atoms with Crippen molar-refractivity contribution in [1.29, 1.82) is 0 Å². The van der Waals surface area contributed by atoms with E-state index in [1.165, 1.54) is 30.0 Å². The van der Waals surface area contributed by atoms with Crippen LogP contribution in [0.4, 0.5) is 0 Å². The highest BCUT2D eigenvalue weighted by atomic mass is 16.5. The molecule has 6 heteroatoms. The van der Waals surface area contributed by atoms with E-state index in [4.69, 9.17) is 9.84 Å². The molecule has 0 saturated heterocycles. The number of aromatic carboxylic acids is 1. The average Bonchev–Trinajstić information content (AvgIpc) is 2.73. The first kappa shape index (κ1) is 11.0. The highest BCUT2D eigenvalue weighted by Crippen LogP contribution is 2.21. The molecule has 0 aliphatic carbocycles. The Bertz CT molecular complexity index is 562. The number of carboxylic acids is 1. The Labute approximate surface area is 96.7 Å². The lowest BCUT2D eigenvalue weighted by Gasteiger charge is -2.05. The molecule has 17 heavy (non-hydrogen) atoms. The average molecular weight is 234 g/mol. The van der Waals surface area contributed by atoms with Gasteiger partial charge in [-0.25, -0.2) is 9.48 Å². The van der Waals surface area contributed by atoms with E-state index < -0.39 is 5.97 Å². The number of phenolic OH excluding ortho intramolecular Hbond substituents is 1. The van der Waals surface area contributed by atoms with Crippen molar-refractivity contribution < 1.29 is 19.7 Å². The molecule has 1 heterocycles. The normalized spacial score (nSPS) is 10.2. The van der Waals surface area contributed by atoms with E-state index in [1.807, 2.05) is 0 Å². The number of carbonyl (C=O) groups is 1. The molecule has 2 N–H and O–H groups in total. The number of ether oxygens (including phenoxy) is 1. The van der Waals surface area contributed by atoms with E-state index >= 15 is 0 Å². The zero-order valence-corrected chi connectivity index (χ0v) is 8.99. The van der Waals surface area contributed by atoms with Crippen molar-refractivity contribution in [3.63, 3.8) is 0 Å². The van der Waals surface area contributed by atoms with Crippen LogP contribution in [0.25, 0.3) is 5.69 Å². The summed E-state index contributed by atoms with van der Waals surface area (Å²) in [4.78, 5) is 10.8. The van der Waals surface area contributed by atoms with Crippen molar-refractivity contribution in [3.8, 4) is 17.3 Å². The number of methoxy groups -OCH3 is 1. The van der Waals surface area contributed by atoms with Crippen molar-refractivity contribution in [3.05, 3.63) is 36.0 Å². The number of hydrogen-bond acceptors (Lipinski definition) is 4. The Morgan fingerprint density at radius 1 is 1.41 bits per heavy atom. The number of benzene rings is 1. The van der Waals surface area contributed by atoms with Gasteiger partial charge in [0.15, 0.2) is 5.69 Å². The highest BCUT2D eigenvalue weighted by Gasteiger charge is 2.14. The first-order valence-corrected chi connectivity index (χ1v) is 4.78. The summed E-state index contributed by atoms with van der Waals surface area (Å²) in [6.45, 7) is 0. The fraction of sp³-hybridized carbons (Fsp3) is 0.0909. The topological polar surface area (TPSA) is 84.6 Å². The molecular formula is C11H10N2O4. The molecule has 2 aromatic rings. The van der Waals surface area contributed by atoms with Crippen LogP contribution in [0.1, 0.15) is 10.5 Å². The molecule has 0 fully saturated rings. The molecule has 0 aliphatic rings. The predicted octanol–water partition coefficient (Wildman–Crippen LogP) is 1.28. The maximum absolute atomic E-state index is 10.8. The van der Waals surface area contributed by atoms with Gasteiger partial charge in [0, 0.05) is 12.1 Å². The summed E-state index contributed by atoms with van der Waals surface area (Å²) in [6, 6.07) is 7.60. The van der Waals surface area contributed by atoms with E-state index in [0.29, 0.717) is 5.69 Å². The van der Waals surface area contributed by atoms with Crippen LogP contribution in [0.2, 0.25) is 0 Å². The lowest BCUT2D eigenvalue weighted by atomic mass is 10.3. The summed E-state index contributed by atoms with van der Waals surface area (Å²) < 4.78 is 6.33. The van der Waals surface area contributed by atoms with Gasteiger partial charge < -0.3 is 14.9 Å². The Balaban J connectivity index is 2.54. The molecule has 0 spiro atoms.